The second-order valence-corrected chi connectivity index (χ2v) is 11.3. The Hall–Kier alpha value is -2.61. The largest absolute Gasteiger partial charge is 0.508 e. The Bertz CT molecular complexity index is 892. The molecule has 1 aromatic carbocycles. The highest BCUT2D eigenvalue weighted by Crippen LogP contribution is 2.38. The van der Waals surface area contributed by atoms with Gasteiger partial charge in [0.25, 0.3) is 0 Å². The summed E-state index contributed by atoms with van der Waals surface area (Å²) in [5.41, 5.74) is 6.15. The van der Waals surface area contributed by atoms with E-state index in [-0.39, 0.29) is 30.9 Å². The molecule has 0 radical (unpaired) electrons. The first kappa shape index (κ1) is 28.6. The fraction of sp³-hybridized carbons (Fsp3) is 0.667. The van der Waals surface area contributed by atoms with E-state index in [1.807, 2.05) is 6.07 Å². The predicted molar refractivity (Wildman–Crippen MR) is 132 cm³/mol. The average Bonchev–Trinajstić information content (AvgIpc) is 3.24. The number of benzene rings is 1. The first-order chi connectivity index (χ1) is 16.1. The molecule has 0 spiro atoms. The molecule has 1 aliphatic carbocycles. The summed E-state index contributed by atoms with van der Waals surface area (Å²) in [4.78, 5) is 37.5. The van der Waals surface area contributed by atoms with Gasteiger partial charge in [0.15, 0.2) is 0 Å². The van der Waals surface area contributed by atoms with Gasteiger partial charge in [0.05, 0.1) is 0 Å². The number of phenols is 1. The fourth-order valence-electron chi connectivity index (χ4n) is 4.06. The van der Waals surface area contributed by atoms with Gasteiger partial charge in [-0.05, 0) is 83.9 Å². The van der Waals surface area contributed by atoms with Crippen molar-refractivity contribution in [1.82, 2.24) is 0 Å². The van der Waals surface area contributed by atoms with Gasteiger partial charge in [-0.3, -0.25) is 9.59 Å². The summed E-state index contributed by atoms with van der Waals surface area (Å²) in [6, 6.07) is 4.10. The summed E-state index contributed by atoms with van der Waals surface area (Å²) in [7, 11) is 0. The normalized spacial score (nSPS) is 16.4. The summed E-state index contributed by atoms with van der Waals surface area (Å²) in [6.45, 7) is 10.5. The molecule has 1 aliphatic rings. The summed E-state index contributed by atoms with van der Waals surface area (Å²) in [6.07, 6.45) is 3.10. The van der Waals surface area contributed by atoms with E-state index < -0.39 is 41.3 Å². The van der Waals surface area contributed by atoms with Crippen LogP contribution < -0.4 is 5.73 Å². The van der Waals surface area contributed by atoms with Crippen molar-refractivity contribution in [2.24, 2.45) is 5.73 Å². The molecule has 1 aromatic rings. The number of nitrogens with two attached hydrogens (primary N) is 1. The van der Waals surface area contributed by atoms with Crippen LogP contribution in [0.4, 0.5) is 0 Å². The number of esters is 3. The van der Waals surface area contributed by atoms with Crippen LogP contribution in [0.3, 0.4) is 0 Å². The molecule has 0 heterocycles. The SMILES string of the molecule is CC(C)(C)OC(=O)CC[C@H](N)C(=O)O[C@@H](Cc1ccc(O)c(C2CCCC2)c1)C(=O)OC(C)(C)C. The Morgan fingerprint density at radius 2 is 1.60 bits per heavy atom. The van der Waals surface area contributed by atoms with Gasteiger partial charge in [0.1, 0.15) is 23.0 Å². The molecular weight excluding hydrogens is 450 g/mol. The number of ether oxygens (including phenoxy) is 3. The Morgan fingerprint density at radius 3 is 2.17 bits per heavy atom. The third-order valence-corrected chi connectivity index (χ3v) is 5.62. The van der Waals surface area contributed by atoms with Crippen molar-refractivity contribution in [3.05, 3.63) is 29.3 Å². The van der Waals surface area contributed by atoms with Gasteiger partial charge in [0, 0.05) is 12.8 Å². The van der Waals surface area contributed by atoms with Gasteiger partial charge >= 0.3 is 17.9 Å². The van der Waals surface area contributed by atoms with Gasteiger partial charge in [-0.25, -0.2) is 4.79 Å². The zero-order chi connectivity index (χ0) is 26.4. The molecule has 0 bridgehead atoms. The minimum absolute atomic E-state index is 0.0276. The van der Waals surface area contributed by atoms with Gasteiger partial charge < -0.3 is 25.1 Å². The van der Waals surface area contributed by atoms with Gasteiger partial charge in [-0.2, -0.15) is 0 Å². The molecule has 196 valence electrons. The molecule has 0 aromatic heterocycles. The smallest absolute Gasteiger partial charge is 0.348 e. The van der Waals surface area contributed by atoms with Crippen molar-refractivity contribution in [2.75, 3.05) is 0 Å². The molecule has 0 aliphatic heterocycles. The van der Waals surface area contributed by atoms with Crippen LogP contribution in [0.2, 0.25) is 0 Å². The number of carbonyl (C=O) groups excluding carboxylic acids is 3. The van der Waals surface area contributed by atoms with E-state index in [1.165, 1.54) is 0 Å². The first-order valence-electron chi connectivity index (χ1n) is 12.4. The van der Waals surface area contributed by atoms with Crippen LogP contribution in [0, 0.1) is 0 Å². The molecular formula is C27H41NO7. The molecule has 8 nitrogen and oxygen atoms in total. The van der Waals surface area contributed by atoms with E-state index in [0.29, 0.717) is 0 Å². The third kappa shape index (κ3) is 9.88. The van der Waals surface area contributed by atoms with E-state index in [2.05, 4.69) is 0 Å². The maximum atomic E-state index is 12.9. The second kappa shape index (κ2) is 11.9. The van der Waals surface area contributed by atoms with Crippen LogP contribution >= 0.6 is 0 Å². The summed E-state index contributed by atoms with van der Waals surface area (Å²) in [5.74, 6) is -1.43. The summed E-state index contributed by atoms with van der Waals surface area (Å²) in [5, 5.41) is 10.4. The topological polar surface area (TPSA) is 125 Å². The number of aromatic hydroxyl groups is 1. The zero-order valence-electron chi connectivity index (χ0n) is 21.9. The molecule has 0 amide bonds. The van der Waals surface area contributed by atoms with E-state index in [4.69, 9.17) is 19.9 Å². The van der Waals surface area contributed by atoms with Crippen LogP contribution in [-0.4, -0.2) is 46.4 Å². The van der Waals surface area contributed by atoms with Crippen molar-refractivity contribution in [2.45, 2.75) is 116 Å². The average molecular weight is 492 g/mol. The third-order valence-electron chi connectivity index (χ3n) is 5.62. The highest BCUT2D eigenvalue weighted by atomic mass is 16.6. The molecule has 2 atom stereocenters. The maximum Gasteiger partial charge on any atom is 0.348 e. The van der Waals surface area contributed by atoms with E-state index in [1.54, 1.807) is 53.7 Å². The number of carbonyl (C=O) groups is 3. The van der Waals surface area contributed by atoms with Crippen LogP contribution in [0.25, 0.3) is 0 Å². The van der Waals surface area contributed by atoms with E-state index in [9.17, 15) is 19.5 Å². The van der Waals surface area contributed by atoms with E-state index in [0.717, 1.165) is 36.8 Å². The van der Waals surface area contributed by atoms with Crippen molar-refractivity contribution in [3.63, 3.8) is 0 Å². The Morgan fingerprint density at radius 1 is 1.00 bits per heavy atom. The lowest BCUT2D eigenvalue weighted by Crippen LogP contribution is -2.41. The number of hydrogen-bond donors (Lipinski definition) is 2. The molecule has 1 saturated carbocycles. The lowest BCUT2D eigenvalue weighted by atomic mass is 9.93. The highest BCUT2D eigenvalue weighted by molar-refractivity contribution is 5.82. The summed E-state index contributed by atoms with van der Waals surface area (Å²) >= 11 is 0. The lowest BCUT2D eigenvalue weighted by Gasteiger charge is -2.25. The summed E-state index contributed by atoms with van der Waals surface area (Å²) < 4.78 is 16.2. The maximum absolute atomic E-state index is 12.9. The van der Waals surface area contributed by atoms with Crippen LogP contribution in [0.1, 0.15) is 97.1 Å². The molecule has 35 heavy (non-hydrogen) atoms. The van der Waals surface area contributed by atoms with Crippen molar-refractivity contribution >= 4 is 17.9 Å². The minimum atomic E-state index is -1.21. The standard InChI is InChI=1S/C27H41NO7/c1-26(2,3)34-23(30)14-12-20(28)24(31)33-22(25(32)35-27(4,5)6)16-17-11-13-21(29)19(15-17)18-9-7-8-10-18/h11,13,15,18,20,22,29H,7-10,12,14,16,28H2,1-6H3/t20-,22-/m0/s1. The fourth-order valence-corrected chi connectivity index (χ4v) is 4.06. The minimum Gasteiger partial charge on any atom is -0.508 e. The zero-order valence-corrected chi connectivity index (χ0v) is 21.9. The van der Waals surface area contributed by atoms with Crippen LogP contribution in [0.5, 0.6) is 5.75 Å². The molecule has 3 N–H and O–H groups in total. The lowest BCUT2D eigenvalue weighted by molar-refractivity contribution is -0.176. The van der Waals surface area contributed by atoms with Crippen LogP contribution in [0.15, 0.2) is 18.2 Å². The molecule has 1 fully saturated rings. The van der Waals surface area contributed by atoms with Gasteiger partial charge in [-0.15, -0.1) is 0 Å². The predicted octanol–water partition coefficient (Wildman–Crippen LogP) is 4.30. The van der Waals surface area contributed by atoms with Crippen molar-refractivity contribution < 1.29 is 33.7 Å². The quantitative estimate of drug-likeness (QED) is 0.387. The molecule has 8 heteroatoms. The molecule has 0 saturated heterocycles. The number of phenolic OH excluding ortho intramolecular Hbond substituents is 1. The monoisotopic (exact) mass is 491 g/mol. The second-order valence-electron chi connectivity index (χ2n) is 11.3. The Balaban J connectivity index is 2.11. The van der Waals surface area contributed by atoms with Crippen LogP contribution in [-0.2, 0) is 35.0 Å². The van der Waals surface area contributed by atoms with Crippen molar-refractivity contribution in [1.29, 1.82) is 0 Å². The molecule has 0 unspecified atom stereocenters. The Kier molecular flexibility index (Phi) is 9.72. The molecule has 2 rings (SSSR count). The van der Waals surface area contributed by atoms with E-state index >= 15 is 0 Å². The number of rotatable bonds is 9. The Labute approximate surface area is 208 Å². The highest BCUT2D eigenvalue weighted by Gasteiger charge is 2.31. The van der Waals surface area contributed by atoms with Crippen molar-refractivity contribution in [3.8, 4) is 5.75 Å². The van der Waals surface area contributed by atoms with Gasteiger partial charge in [0.2, 0.25) is 6.10 Å². The first-order valence-corrected chi connectivity index (χ1v) is 12.4. The number of hydrogen-bond acceptors (Lipinski definition) is 8. The van der Waals surface area contributed by atoms with Gasteiger partial charge in [-0.1, -0.05) is 25.0 Å².